The Morgan fingerprint density at radius 3 is 2.21 bits per heavy atom. The van der Waals surface area contributed by atoms with Crippen molar-refractivity contribution in [2.75, 3.05) is 0 Å². The minimum Gasteiger partial charge on any atom is -0.415 e. The van der Waals surface area contributed by atoms with Gasteiger partial charge in [-0.1, -0.05) is 32.5 Å². The fourth-order valence-corrected chi connectivity index (χ4v) is 1.92. The molecule has 0 bridgehead atoms. The van der Waals surface area contributed by atoms with Crippen LogP contribution in [0.5, 0.6) is 0 Å². The molecule has 0 aliphatic rings. The molecule has 1 atom stereocenters. The zero-order chi connectivity index (χ0) is 14.8. The van der Waals surface area contributed by atoms with Crippen molar-refractivity contribution in [2.45, 2.75) is 69.9 Å². The van der Waals surface area contributed by atoms with Gasteiger partial charge in [-0.05, 0) is 27.7 Å². The van der Waals surface area contributed by atoms with E-state index in [4.69, 9.17) is 4.42 Å². The van der Waals surface area contributed by atoms with Crippen molar-refractivity contribution < 1.29 is 9.21 Å². The molecule has 108 valence electrons. The van der Waals surface area contributed by atoms with Crippen LogP contribution in [-0.4, -0.2) is 26.9 Å². The minimum absolute atomic E-state index is 0.0343. The zero-order valence-electron chi connectivity index (χ0n) is 12.7. The second kappa shape index (κ2) is 5.53. The fraction of sp³-hybridized carbons (Fsp3) is 0.769. The number of nitrogens with zero attached hydrogens (tertiary/aromatic N) is 2. The first-order valence-electron chi connectivity index (χ1n) is 6.32. The highest BCUT2D eigenvalue weighted by molar-refractivity contribution is 8.00. The Morgan fingerprint density at radius 2 is 1.79 bits per heavy atom. The Morgan fingerprint density at radius 1 is 1.21 bits per heavy atom. The van der Waals surface area contributed by atoms with Gasteiger partial charge in [0.25, 0.3) is 5.22 Å². The Balaban J connectivity index is 2.65. The molecule has 0 fully saturated rings. The normalized spacial score (nSPS) is 14.3. The summed E-state index contributed by atoms with van der Waals surface area (Å²) in [7, 11) is 0. The number of amides is 1. The lowest BCUT2D eigenvalue weighted by Gasteiger charge is -2.22. The van der Waals surface area contributed by atoms with Gasteiger partial charge in [0.15, 0.2) is 0 Å². The molecule has 0 radical (unpaired) electrons. The molecule has 6 heteroatoms. The predicted octanol–water partition coefficient (Wildman–Crippen LogP) is 2.76. The number of aromatic nitrogens is 2. The predicted molar refractivity (Wildman–Crippen MR) is 76.2 cm³/mol. The molecule has 1 heterocycles. The van der Waals surface area contributed by atoms with E-state index in [1.807, 2.05) is 48.5 Å². The largest absolute Gasteiger partial charge is 0.415 e. The molecule has 1 aromatic heterocycles. The van der Waals surface area contributed by atoms with Crippen LogP contribution in [-0.2, 0) is 10.2 Å². The summed E-state index contributed by atoms with van der Waals surface area (Å²) in [6.07, 6.45) is 0. The standard InChI is InChI=1S/C13H23N3O2S/c1-8(9(17)14-13(5,6)7)19-11-16-15-10(18-11)12(2,3)4/h8H,1-7H3,(H,14,17)/t8-/m1/s1. The molecule has 0 spiro atoms. The van der Waals surface area contributed by atoms with E-state index in [1.54, 1.807) is 0 Å². The number of rotatable bonds is 3. The molecule has 1 aromatic rings. The number of nitrogens with one attached hydrogen (secondary N) is 1. The van der Waals surface area contributed by atoms with Gasteiger partial charge in [-0.3, -0.25) is 4.79 Å². The number of carbonyl (C=O) groups excluding carboxylic acids is 1. The van der Waals surface area contributed by atoms with Crippen LogP contribution >= 0.6 is 11.8 Å². The first-order chi connectivity index (χ1) is 8.49. The quantitative estimate of drug-likeness (QED) is 0.865. The second-order valence-corrected chi connectivity index (χ2v) is 7.91. The summed E-state index contributed by atoms with van der Waals surface area (Å²) < 4.78 is 5.56. The maximum Gasteiger partial charge on any atom is 0.277 e. The minimum atomic E-state index is -0.271. The lowest BCUT2D eigenvalue weighted by molar-refractivity contribution is -0.121. The van der Waals surface area contributed by atoms with Gasteiger partial charge in [0.2, 0.25) is 11.8 Å². The van der Waals surface area contributed by atoms with Gasteiger partial charge in [-0.2, -0.15) is 0 Å². The van der Waals surface area contributed by atoms with Crippen LogP contribution in [0, 0.1) is 0 Å². The smallest absolute Gasteiger partial charge is 0.277 e. The summed E-state index contributed by atoms with van der Waals surface area (Å²) in [5, 5.41) is 11.1. The zero-order valence-corrected chi connectivity index (χ0v) is 13.5. The lowest BCUT2D eigenvalue weighted by atomic mass is 9.97. The van der Waals surface area contributed by atoms with Crippen LogP contribution in [0.25, 0.3) is 0 Å². The van der Waals surface area contributed by atoms with Gasteiger partial charge < -0.3 is 9.73 Å². The monoisotopic (exact) mass is 285 g/mol. The van der Waals surface area contributed by atoms with Gasteiger partial charge >= 0.3 is 0 Å². The van der Waals surface area contributed by atoms with Crippen molar-refractivity contribution in [2.24, 2.45) is 0 Å². The molecule has 0 saturated carbocycles. The van der Waals surface area contributed by atoms with Gasteiger partial charge in [0, 0.05) is 11.0 Å². The third kappa shape index (κ3) is 5.22. The molecule has 1 amide bonds. The summed E-state index contributed by atoms with van der Waals surface area (Å²) in [4.78, 5) is 11.9. The molecule has 1 rings (SSSR count). The van der Waals surface area contributed by atoms with Gasteiger partial charge in [0.05, 0.1) is 5.25 Å². The molecule has 0 aromatic carbocycles. The molecule has 0 aliphatic carbocycles. The van der Waals surface area contributed by atoms with E-state index in [9.17, 15) is 4.79 Å². The molecular weight excluding hydrogens is 262 g/mol. The Hall–Kier alpha value is -1.04. The second-order valence-electron chi connectivity index (χ2n) is 6.62. The van der Waals surface area contributed by atoms with E-state index in [0.717, 1.165) is 0 Å². The van der Waals surface area contributed by atoms with E-state index in [0.29, 0.717) is 11.1 Å². The fourth-order valence-electron chi connectivity index (χ4n) is 1.24. The highest BCUT2D eigenvalue weighted by Crippen LogP contribution is 2.27. The summed E-state index contributed by atoms with van der Waals surface area (Å²) in [6, 6.07) is 0. The number of hydrogen-bond acceptors (Lipinski definition) is 5. The van der Waals surface area contributed by atoms with Crippen LogP contribution < -0.4 is 5.32 Å². The van der Waals surface area contributed by atoms with Crippen LogP contribution in [0.3, 0.4) is 0 Å². The number of thioether (sulfide) groups is 1. The Kier molecular flexibility index (Phi) is 4.66. The number of carbonyl (C=O) groups is 1. The number of hydrogen-bond donors (Lipinski definition) is 1. The third-order valence-corrected chi connectivity index (χ3v) is 3.13. The highest BCUT2D eigenvalue weighted by atomic mass is 32.2. The maximum atomic E-state index is 11.9. The van der Waals surface area contributed by atoms with Gasteiger partial charge in [-0.25, -0.2) is 0 Å². The van der Waals surface area contributed by atoms with Gasteiger partial charge in [-0.15, -0.1) is 10.2 Å². The van der Waals surface area contributed by atoms with E-state index in [1.165, 1.54) is 11.8 Å². The molecule has 0 aliphatic heterocycles. The molecule has 5 nitrogen and oxygen atoms in total. The van der Waals surface area contributed by atoms with Crippen molar-refractivity contribution in [3.8, 4) is 0 Å². The SMILES string of the molecule is C[C@@H](Sc1nnc(C(C)(C)C)o1)C(=O)NC(C)(C)C. The Bertz CT molecular complexity index is 443. The van der Waals surface area contributed by atoms with Crippen molar-refractivity contribution >= 4 is 17.7 Å². The average molecular weight is 285 g/mol. The highest BCUT2D eigenvalue weighted by Gasteiger charge is 2.25. The van der Waals surface area contributed by atoms with Crippen LogP contribution in [0.2, 0.25) is 0 Å². The van der Waals surface area contributed by atoms with E-state index < -0.39 is 0 Å². The Labute approximate surface area is 118 Å². The maximum absolute atomic E-state index is 11.9. The van der Waals surface area contributed by atoms with Crippen LogP contribution in [0.4, 0.5) is 0 Å². The van der Waals surface area contributed by atoms with Gasteiger partial charge in [0.1, 0.15) is 0 Å². The van der Waals surface area contributed by atoms with E-state index in [-0.39, 0.29) is 22.1 Å². The van der Waals surface area contributed by atoms with Crippen molar-refractivity contribution in [3.05, 3.63) is 5.89 Å². The van der Waals surface area contributed by atoms with Crippen molar-refractivity contribution in [3.63, 3.8) is 0 Å². The molecular formula is C13H23N3O2S. The average Bonchev–Trinajstić information content (AvgIpc) is 2.62. The molecule has 0 saturated heterocycles. The van der Waals surface area contributed by atoms with Crippen molar-refractivity contribution in [1.82, 2.24) is 15.5 Å². The summed E-state index contributed by atoms with van der Waals surface area (Å²) in [6.45, 7) is 13.7. The van der Waals surface area contributed by atoms with E-state index >= 15 is 0 Å². The first-order valence-corrected chi connectivity index (χ1v) is 7.20. The van der Waals surface area contributed by atoms with Crippen molar-refractivity contribution in [1.29, 1.82) is 0 Å². The lowest BCUT2D eigenvalue weighted by Crippen LogP contribution is -2.44. The summed E-state index contributed by atoms with van der Waals surface area (Å²) >= 11 is 1.28. The first kappa shape index (κ1) is 16.0. The third-order valence-electron chi connectivity index (χ3n) is 2.19. The molecule has 19 heavy (non-hydrogen) atoms. The summed E-state index contributed by atoms with van der Waals surface area (Å²) in [5.74, 6) is 0.548. The molecule has 0 unspecified atom stereocenters. The molecule has 1 N–H and O–H groups in total. The topological polar surface area (TPSA) is 68.0 Å². The van der Waals surface area contributed by atoms with Crippen LogP contribution in [0.15, 0.2) is 9.64 Å². The van der Waals surface area contributed by atoms with E-state index in [2.05, 4.69) is 15.5 Å². The van der Waals surface area contributed by atoms with Crippen LogP contribution in [0.1, 0.15) is 54.4 Å². The summed E-state index contributed by atoms with van der Waals surface area (Å²) in [5.41, 5.74) is -0.417.